The van der Waals surface area contributed by atoms with Crippen molar-refractivity contribution in [3.8, 4) is 0 Å². The first-order valence-corrected chi connectivity index (χ1v) is 4.70. The van der Waals surface area contributed by atoms with E-state index in [4.69, 9.17) is 9.84 Å². The summed E-state index contributed by atoms with van der Waals surface area (Å²) < 4.78 is 5.28. The molecule has 0 aromatic heterocycles. The van der Waals surface area contributed by atoms with Gasteiger partial charge in [-0.1, -0.05) is 15.9 Å². The van der Waals surface area contributed by atoms with Crippen LogP contribution >= 0.6 is 15.9 Å². The van der Waals surface area contributed by atoms with Crippen molar-refractivity contribution in [2.75, 3.05) is 25.2 Å². The second-order valence-corrected chi connectivity index (χ2v) is 3.51. The molecule has 1 heterocycles. The van der Waals surface area contributed by atoms with Gasteiger partial charge in [-0.2, -0.15) is 0 Å². The lowest BCUT2D eigenvalue weighted by Gasteiger charge is -2.33. The van der Waals surface area contributed by atoms with Crippen molar-refractivity contribution in [3.05, 3.63) is 0 Å². The molecule has 1 rings (SSSR count). The van der Waals surface area contributed by atoms with E-state index in [2.05, 4.69) is 15.9 Å². The van der Waals surface area contributed by atoms with E-state index < -0.39 is 0 Å². The molecule has 0 aliphatic carbocycles. The molecule has 0 bridgehead atoms. The average molecular weight is 209 g/mol. The number of halogens is 1. The monoisotopic (exact) mass is 208 g/mol. The van der Waals surface area contributed by atoms with Crippen LogP contribution in [0.1, 0.15) is 12.8 Å². The molecule has 0 radical (unpaired) electrons. The molecule has 1 N–H and O–H groups in total. The second-order valence-electron chi connectivity index (χ2n) is 2.95. The van der Waals surface area contributed by atoms with Gasteiger partial charge in [-0.05, 0) is 12.8 Å². The molecule has 1 fully saturated rings. The van der Waals surface area contributed by atoms with Crippen LogP contribution in [0.15, 0.2) is 0 Å². The molecule has 1 aliphatic rings. The predicted molar refractivity (Wildman–Crippen MR) is 43.4 cm³/mol. The molecule has 2 nitrogen and oxygen atoms in total. The molecule has 0 saturated carbocycles. The van der Waals surface area contributed by atoms with E-state index in [1.165, 1.54) is 0 Å². The van der Waals surface area contributed by atoms with Crippen LogP contribution in [-0.4, -0.2) is 30.3 Å². The normalized spacial score (nSPS) is 34.2. The van der Waals surface area contributed by atoms with Gasteiger partial charge in [-0.3, -0.25) is 0 Å². The van der Waals surface area contributed by atoms with Crippen molar-refractivity contribution in [3.63, 3.8) is 0 Å². The van der Waals surface area contributed by atoms with Gasteiger partial charge in [0.05, 0.1) is 13.2 Å². The van der Waals surface area contributed by atoms with Crippen LogP contribution in [0.25, 0.3) is 0 Å². The van der Waals surface area contributed by atoms with Crippen molar-refractivity contribution in [1.82, 2.24) is 0 Å². The van der Waals surface area contributed by atoms with Crippen LogP contribution in [0, 0.1) is 5.41 Å². The van der Waals surface area contributed by atoms with E-state index in [0.29, 0.717) is 6.61 Å². The topological polar surface area (TPSA) is 29.5 Å². The quantitative estimate of drug-likeness (QED) is 0.691. The maximum Gasteiger partial charge on any atom is 0.0552 e. The molecule has 1 aliphatic heterocycles. The first-order valence-electron chi connectivity index (χ1n) is 3.58. The highest BCUT2D eigenvalue weighted by Crippen LogP contribution is 2.29. The van der Waals surface area contributed by atoms with Crippen molar-refractivity contribution in [2.24, 2.45) is 5.41 Å². The fourth-order valence-corrected chi connectivity index (χ4v) is 1.80. The van der Waals surface area contributed by atoms with Crippen LogP contribution in [0.3, 0.4) is 0 Å². The lowest BCUT2D eigenvalue weighted by Crippen LogP contribution is -2.36. The zero-order valence-electron chi connectivity index (χ0n) is 5.98. The summed E-state index contributed by atoms with van der Waals surface area (Å²) in [6.45, 7) is 1.79. The van der Waals surface area contributed by atoms with Crippen LogP contribution in [0.2, 0.25) is 0 Å². The molecule has 3 heteroatoms. The Balaban J connectivity index is 2.44. The summed E-state index contributed by atoms with van der Waals surface area (Å²) >= 11 is 3.39. The summed E-state index contributed by atoms with van der Waals surface area (Å²) in [6.07, 6.45) is 2.15. The standard InChI is InChI=1S/C7H13BrO2/c8-4-7(5-9)2-1-3-10-6-7/h9H,1-6H2. The molecule has 10 heavy (non-hydrogen) atoms. The summed E-state index contributed by atoms with van der Waals surface area (Å²) in [4.78, 5) is 0. The largest absolute Gasteiger partial charge is 0.396 e. The third-order valence-corrected chi connectivity index (χ3v) is 3.21. The van der Waals surface area contributed by atoms with E-state index >= 15 is 0 Å². The van der Waals surface area contributed by atoms with Crippen LogP contribution in [-0.2, 0) is 4.74 Å². The van der Waals surface area contributed by atoms with Gasteiger partial charge < -0.3 is 9.84 Å². The smallest absolute Gasteiger partial charge is 0.0552 e. The SMILES string of the molecule is OCC1(CBr)CCCOC1. The maximum atomic E-state index is 9.03. The molecule has 1 unspecified atom stereocenters. The first-order chi connectivity index (χ1) is 4.83. The average Bonchev–Trinajstić information content (AvgIpc) is 2.06. The summed E-state index contributed by atoms with van der Waals surface area (Å²) in [5, 5.41) is 9.88. The van der Waals surface area contributed by atoms with Crippen molar-refractivity contribution in [1.29, 1.82) is 0 Å². The zero-order chi connectivity index (χ0) is 7.45. The summed E-state index contributed by atoms with van der Waals surface area (Å²) in [5.41, 5.74) is 0.0122. The number of rotatable bonds is 2. The molecular weight excluding hydrogens is 196 g/mol. The summed E-state index contributed by atoms with van der Waals surface area (Å²) in [5.74, 6) is 0. The Labute approximate surface area is 69.7 Å². The number of hydrogen-bond acceptors (Lipinski definition) is 2. The number of alkyl halides is 1. The van der Waals surface area contributed by atoms with Crippen LogP contribution in [0.5, 0.6) is 0 Å². The molecule has 0 spiro atoms. The van der Waals surface area contributed by atoms with Gasteiger partial charge in [0.15, 0.2) is 0 Å². The Morgan fingerprint density at radius 2 is 2.40 bits per heavy atom. The van der Waals surface area contributed by atoms with Crippen LogP contribution < -0.4 is 0 Å². The van der Waals surface area contributed by atoms with Gasteiger partial charge in [-0.15, -0.1) is 0 Å². The highest BCUT2D eigenvalue weighted by molar-refractivity contribution is 9.09. The minimum absolute atomic E-state index is 0.0122. The third kappa shape index (κ3) is 1.71. The van der Waals surface area contributed by atoms with E-state index in [1.807, 2.05) is 0 Å². The van der Waals surface area contributed by atoms with Gasteiger partial charge in [0.1, 0.15) is 0 Å². The van der Waals surface area contributed by atoms with Crippen LogP contribution in [0.4, 0.5) is 0 Å². The molecular formula is C7H13BrO2. The minimum Gasteiger partial charge on any atom is -0.396 e. The van der Waals surface area contributed by atoms with E-state index in [9.17, 15) is 0 Å². The predicted octanol–water partition coefficient (Wildman–Crippen LogP) is 1.17. The third-order valence-electron chi connectivity index (χ3n) is 2.02. The molecule has 0 aromatic carbocycles. The van der Waals surface area contributed by atoms with Gasteiger partial charge in [-0.25, -0.2) is 0 Å². The fourth-order valence-electron chi connectivity index (χ4n) is 1.18. The Kier molecular flexibility index (Phi) is 3.14. The zero-order valence-corrected chi connectivity index (χ0v) is 7.56. The lowest BCUT2D eigenvalue weighted by molar-refractivity contribution is -0.0236. The summed E-state index contributed by atoms with van der Waals surface area (Å²) in [7, 11) is 0. The van der Waals surface area contributed by atoms with Crippen molar-refractivity contribution in [2.45, 2.75) is 12.8 Å². The van der Waals surface area contributed by atoms with Gasteiger partial charge in [0, 0.05) is 17.4 Å². The highest BCUT2D eigenvalue weighted by Gasteiger charge is 2.30. The number of hydrogen-bond donors (Lipinski definition) is 1. The first kappa shape index (κ1) is 8.50. The molecule has 1 saturated heterocycles. The number of ether oxygens (including phenoxy) is 1. The van der Waals surface area contributed by atoms with E-state index in [1.54, 1.807) is 0 Å². The van der Waals surface area contributed by atoms with Gasteiger partial charge in [0.25, 0.3) is 0 Å². The Morgan fingerprint density at radius 3 is 2.70 bits per heavy atom. The lowest BCUT2D eigenvalue weighted by atomic mass is 9.86. The molecule has 1 atom stereocenters. The van der Waals surface area contributed by atoms with E-state index in [0.717, 1.165) is 24.8 Å². The molecule has 0 aromatic rings. The molecule has 60 valence electrons. The van der Waals surface area contributed by atoms with E-state index in [-0.39, 0.29) is 12.0 Å². The second kappa shape index (κ2) is 3.69. The Morgan fingerprint density at radius 1 is 1.60 bits per heavy atom. The minimum atomic E-state index is 0.0122. The Hall–Kier alpha value is 0.400. The highest BCUT2D eigenvalue weighted by atomic mass is 79.9. The fraction of sp³-hybridized carbons (Fsp3) is 1.00. The Bertz CT molecular complexity index is 93.8. The maximum absolute atomic E-state index is 9.03. The number of aliphatic hydroxyl groups is 1. The van der Waals surface area contributed by atoms with Crippen molar-refractivity contribution >= 4 is 15.9 Å². The summed E-state index contributed by atoms with van der Waals surface area (Å²) in [6, 6.07) is 0. The van der Waals surface area contributed by atoms with Crippen molar-refractivity contribution < 1.29 is 9.84 Å². The van der Waals surface area contributed by atoms with Gasteiger partial charge in [0.2, 0.25) is 0 Å². The number of aliphatic hydroxyl groups excluding tert-OH is 1. The molecule has 0 amide bonds. The van der Waals surface area contributed by atoms with Gasteiger partial charge >= 0.3 is 0 Å².